The third-order valence-electron chi connectivity index (χ3n) is 3.65. The standard InChI is InChI=1S/C14H14N8O2S/c1-8-19-20-14(25-8)17-10(23)7-22-5-9(6-22)13-18-12(21-24-13)11-15-3-2-4-16-11/h2-4,9H,5-7H2,1H3,(H,17,20,23). The molecule has 0 atom stereocenters. The van der Waals surface area contributed by atoms with Crippen molar-refractivity contribution in [3.05, 3.63) is 29.4 Å². The van der Waals surface area contributed by atoms with Crippen LogP contribution in [-0.4, -0.2) is 60.7 Å². The van der Waals surface area contributed by atoms with Crippen LogP contribution in [0.15, 0.2) is 23.0 Å². The number of carbonyl (C=O) groups excluding carboxylic acids is 1. The molecule has 3 aromatic heterocycles. The normalized spacial score (nSPS) is 15.1. The lowest BCUT2D eigenvalue weighted by molar-refractivity contribution is -0.118. The van der Waals surface area contributed by atoms with Gasteiger partial charge in [0.15, 0.2) is 0 Å². The third kappa shape index (κ3) is 3.51. The molecule has 0 unspecified atom stereocenters. The number of rotatable bonds is 5. The lowest BCUT2D eigenvalue weighted by Crippen LogP contribution is -2.48. The van der Waals surface area contributed by atoms with Crippen molar-refractivity contribution in [2.45, 2.75) is 12.8 Å². The molecule has 0 aromatic carbocycles. The number of anilines is 1. The molecule has 0 radical (unpaired) electrons. The zero-order chi connectivity index (χ0) is 17.2. The zero-order valence-electron chi connectivity index (χ0n) is 13.3. The minimum absolute atomic E-state index is 0.112. The molecule has 128 valence electrons. The highest BCUT2D eigenvalue weighted by molar-refractivity contribution is 7.15. The van der Waals surface area contributed by atoms with Crippen LogP contribution in [0.1, 0.15) is 16.8 Å². The van der Waals surface area contributed by atoms with Crippen LogP contribution in [0.2, 0.25) is 0 Å². The number of hydrogen-bond donors (Lipinski definition) is 1. The molecule has 0 aliphatic carbocycles. The lowest BCUT2D eigenvalue weighted by atomic mass is 10.0. The molecular weight excluding hydrogens is 344 g/mol. The van der Waals surface area contributed by atoms with Gasteiger partial charge in [-0.1, -0.05) is 16.5 Å². The molecule has 1 saturated heterocycles. The summed E-state index contributed by atoms with van der Waals surface area (Å²) in [7, 11) is 0. The number of aryl methyl sites for hydroxylation is 1. The Morgan fingerprint density at radius 2 is 2.12 bits per heavy atom. The van der Waals surface area contributed by atoms with Crippen LogP contribution in [0.25, 0.3) is 11.6 Å². The summed E-state index contributed by atoms with van der Waals surface area (Å²) in [6.45, 7) is 3.49. The first kappa shape index (κ1) is 15.7. The predicted molar refractivity (Wildman–Crippen MR) is 87.8 cm³/mol. The molecule has 1 N–H and O–H groups in total. The van der Waals surface area contributed by atoms with Crippen LogP contribution >= 0.6 is 11.3 Å². The highest BCUT2D eigenvalue weighted by Crippen LogP contribution is 2.26. The van der Waals surface area contributed by atoms with E-state index in [4.69, 9.17) is 4.52 Å². The van der Waals surface area contributed by atoms with E-state index in [1.165, 1.54) is 11.3 Å². The Labute approximate surface area is 146 Å². The SMILES string of the molecule is Cc1nnc(NC(=O)CN2CC(c3nc(-c4ncccn4)no3)C2)s1. The predicted octanol–water partition coefficient (Wildman–Crippen LogP) is 0.724. The summed E-state index contributed by atoms with van der Waals surface area (Å²) in [5.41, 5.74) is 0. The van der Waals surface area contributed by atoms with Gasteiger partial charge in [0.2, 0.25) is 28.6 Å². The Morgan fingerprint density at radius 1 is 1.32 bits per heavy atom. The van der Waals surface area contributed by atoms with Gasteiger partial charge in [0.05, 0.1) is 12.5 Å². The van der Waals surface area contributed by atoms with Crippen molar-refractivity contribution in [1.82, 2.24) is 35.2 Å². The van der Waals surface area contributed by atoms with E-state index in [9.17, 15) is 4.79 Å². The average Bonchev–Trinajstić information content (AvgIpc) is 3.21. The van der Waals surface area contributed by atoms with E-state index >= 15 is 0 Å². The number of hydrogen-bond acceptors (Lipinski definition) is 10. The van der Waals surface area contributed by atoms with E-state index in [0.29, 0.717) is 35.8 Å². The Hall–Kier alpha value is -2.79. The van der Waals surface area contributed by atoms with E-state index in [-0.39, 0.29) is 18.4 Å². The number of aromatic nitrogens is 6. The second-order valence-corrected chi connectivity index (χ2v) is 6.78. The summed E-state index contributed by atoms with van der Waals surface area (Å²) < 4.78 is 5.29. The van der Waals surface area contributed by atoms with Crippen LogP contribution in [-0.2, 0) is 4.79 Å². The number of amides is 1. The van der Waals surface area contributed by atoms with E-state index in [0.717, 1.165) is 5.01 Å². The molecule has 0 spiro atoms. The Morgan fingerprint density at radius 3 is 2.84 bits per heavy atom. The Bertz CT molecular complexity index is 874. The van der Waals surface area contributed by atoms with Crippen molar-refractivity contribution in [3.63, 3.8) is 0 Å². The zero-order valence-corrected chi connectivity index (χ0v) is 14.1. The fourth-order valence-corrected chi connectivity index (χ4v) is 3.08. The van der Waals surface area contributed by atoms with Gasteiger partial charge in [0.25, 0.3) is 0 Å². The summed E-state index contributed by atoms with van der Waals surface area (Å²) in [5, 5.41) is 15.7. The van der Waals surface area contributed by atoms with Gasteiger partial charge in [-0.15, -0.1) is 10.2 Å². The maximum atomic E-state index is 12.0. The molecule has 1 amide bonds. The van der Waals surface area contributed by atoms with Crippen molar-refractivity contribution in [2.75, 3.05) is 25.0 Å². The van der Waals surface area contributed by atoms with Gasteiger partial charge >= 0.3 is 0 Å². The van der Waals surface area contributed by atoms with Gasteiger partial charge in [-0.3, -0.25) is 15.0 Å². The van der Waals surface area contributed by atoms with E-state index < -0.39 is 0 Å². The highest BCUT2D eigenvalue weighted by Gasteiger charge is 2.34. The summed E-state index contributed by atoms with van der Waals surface area (Å²) in [6.07, 6.45) is 3.25. The van der Waals surface area contributed by atoms with Crippen LogP contribution < -0.4 is 5.32 Å². The maximum Gasteiger partial charge on any atom is 0.240 e. The minimum atomic E-state index is -0.112. The Kier molecular flexibility index (Phi) is 4.15. The van der Waals surface area contributed by atoms with Crippen molar-refractivity contribution in [1.29, 1.82) is 0 Å². The molecule has 4 rings (SSSR count). The number of nitrogens with zero attached hydrogens (tertiary/aromatic N) is 7. The van der Waals surface area contributed by atoms with Gasteiger partial charge in [0, 0.05) is 25.5 Å². The summed E-state index contributed by atoms with van der Waals surface area (Å²) in [6, 6.07) is 1.72. The molecule has 11 heteroatoms. The Balaban J connectivity index is 1.29. The van der Waals surface area contributed by atoms with Crippen molar-refractivity contribution >= 4 is 22.4 Å². The third-order valence-corrected chi connectivity index (χ3v) is 4.41. The molecule has 0 saturated carbocycles. The van der Waals surface area contributed by atoms with Crippen molar-refractivity contribution < 1.29 is 9.32 Å². The first-order chi connectivity index (χ1) is 12.2. The van der Waals surface area contributed by atoms with E-state index in [1.54, 1.807) is 18.5 Å². The highest BCUT2D eigenvalue weighted by atomic mass is 32.1. The molecule has 1 aliphatic rings. The second kappa shape index (κ2) is 6.61. The first-order valence-electron chi connectivity index (χ1n) is 7.60. The van der Waals surface area contributed by atoms with Gasteiger partial charge < -0.3 is 4.52 Å². The van der Waals surface area contributed by atoms with Crippen molar-refractivity contribution in [2.24, 2.45) is 0 Å². The van der Waals surface area contributed by atoms with Crippen LogP contribution in [0.4, 0.5) is 5.13 Å². The summed E-state index contributed by atoms with van der Waals surface area (Å²) in [5.74, 6) is 1.35. The number of likely N-dealkylation sites (tertiary alicyclic amines) is 1. The molecule has 0 bridgehead atoms. The quantitative estimate of drug-likeness (QED) is 0.702. The van der Waals surface area contributed by atoms with Crippen molar-refractivity contribution in [3.8, 4) is 11.6 Å². The second-order valence-electron chi connectivity index (χ2n) is 5.59. The van der Waals surface area contributed by atoms with E-state index in [1.807, 2.05) is 11.8 Å². The average molecular weight is 358 g/mol. The molecular formula is C14H14N8O2S. The molecule has 1 aliphatic heterocycles. The lowest BCUT2D eigenvalue weighted by Gasteiger charge is -2.36. The van der Waals surface area contributed by atoms with Gasteiger partial charge in [-0.05, 0) is 13.0 Å². The van der Waals surface area contributed by atoms with Gasteiger partial charge in [0.1, 0.15) is 5.01 Å². The maximum absolute atomic E-state index is 12.0. The minimum Gasteiger partial charge on any atom is -0.338 e. The van der Waals surface area contributed by atoms with Crippen LogP contribution in [0.3, 0.4) is 0 Å². The van der Waals surface area contributed by atoms with Crippen LogP contribution in [0.5, 0.6) is 0 Å². The molecule has 10 nitrogen and oxygen atoms in total. The number of nitrogens with one attached hydrogen (secondary N) is 1. The molecule has 4 heterocycles. The first-order valence-corrected chi connectivity index (χ1v) is 8.42. The monoisotopic (exact) mass is 358 g/mol. The molecule has 25 heavy (non-hydrogen) atoms. The van der Waals surface area contributed by atoms with Crippen LogP contribution in [0, 0.1) is 6.92 Å². The number of carbonyl (C=O) groups is 1. The van der Waals surface area contributed by atoms with E-state index in [2.05, 4.69) is 35.6 Å². The van der Waals surface area contributed by atoms with Gasteiger partial charge in [-0.2, -0.15) is 4.98 Å². The summed E-state index contributed by atoms with van der Waals surface area (Å²) in [4.78, 5) is 26.5. The topological polar surface area (TPSA) is 123 Å². The summed E-state index contributed by atoms with van der Waals surface area (Å²) >= 11 is 1.35. The van der Waals surface area contributed by atoms with Gasteiger partial charge in [-0.25, -0.2) is 9.97 Å². The fraction of sp³-hybridized carbons (Fsp3) is 0.357. The largest absolute Gasteiger partial charge is 0.338 e. The fourth-order valence-electron chi connectivity index (χ4n) is 2.47. The smallest absolute Gasteiger partial charge is 0.240 e. The molecule has 1 fully saturated rings. The molecule has 3 aromatic rings.